The molecule has 1 saturated heterocycles. The average Bonchev–Trinajstić information content (AvgIpc) is 3.13. The van der Waals surface area contributed by atoms with Crippen molar-refractivity contribution in [2.75, 3.05) is 6.54 Å². The lowest BCUT2D eigenvalue weighted by atomic mass is 9.82. The van der Waals surface area contributed by atoms with Crippen LogP contribution in [0, 0.1) is 23.7 Å². The first kappa shape index (κ1) is 20.5. The number of amides is 1. The van der Waals surface area contributed by atoms with E-state index >= 15 is 0 Å². The monoisotopic (exact) mass is 400 g/mol. The second-order valence-corrected chi connectivity index (χ2v) is 8.19. The van der Waals surface area contributed by atoms with Crippen LogP contribution in [0.3, 0.4) is 0 Å². The second-order valence-electron chi connectivity index (χ2n) is 7.75. The molecule has 2 aliphatic rings. The number of hydrogen-bond donors (Lipinski definition) is 1. The number of carbonyl (C=O) groups excluding carboxylic acids is 1. The van der Waals surface area contributed by atoms with E-state index in [4.69, 9.17) is 22.8 Å². The second kappa shape index (κ2) is 8.82. The molecule has 1 N–H and O–H groups in total. The largest absolute Gasteiger partial charge is 0.474 e. The maximum absolute atomic E-state index is 12.7. The Morgan fingerprint density at radius 1 is 1.39 bits per heavy atom. The molecule has 0 unspecified atom stereocenters. The lowest BCUT2D eigenvalue weighted by Crippen LogP contribution is -2.52. The van der Waals surface area contributed by atoms with Gasteiger partial charge in [0, 0.05) is 17.8 Å². The molecule has 6 nitrogen and oxygen atoms in total. The summed E-state index contributed by atoms with van der Waals surface area (Å²) in [6.07, 6.45) is 12.1. The van der Waals surface area contributed by atoms with Crippen molar-refractivity contribution in [3.63, 3.8) is 0 Å². The van der Waals surface area contributed by atoms with Gasteiger partial charge in [0.25, 0.3) is 0 Å². The number of hydrogen-bond acceptors (Lipinski definition) is 5. The van der Waals surface area contributed by atoms with Gasteiger partial charge in [-0.15, -0.1) is 6.42 Å². The van der Waals surface area contributed by atoms with Crippen molar-refractivity contribution in [1.29, 1.82) is 5.26 Å². The van der Waals surface area contributed by atoms with E-state index < -0.39 is 6.04 Å². The SMILES string of the molecule is C#C[C@H]1CC[C@@H](C#N)N1C(=O)CNC1(C)CCC(Oc2ccc(Cl)cn2)CC1. The Morgan fingerprint density at radius 2 is 2.11 bits per heavy atom. The van der Waals surface area contributed by atoms with E-state index in [1.165, 1.54) is 0 Å². The molecule has 0 bridgehead atoms. The standard InChI is InChI=1S/C21H25ClN4O2/c1-3-16-5-6-17(12-23)26(16)20(27)14-25-21(2)10-8-18(9-11-21)28-19-7-4-15(22)13-24-19/h1,4,7,13,16-18,25H,5-6,8-11,14H2,2H3/t16-,17-,18?,21?/m0/s1. The Balaban J connectivity index is 1.49. The van der Waals surface area contributed by atoms with Crippen LogP contribution in [0.25, 0.3) is 0 Å². The molecule has 1 aromatic rings. The van der Waals surface area contributed by atoms with Crippen molar-refractivity contribution >= 4 is 17.5 Å². The molecular formula is C21H25ClN4O2. The Hall–Kier alpha value is -2.28. The molecule has 148 valence electrons. The van der Waals surface area contributed by atoms with E-state index in [-0.39, 0.29) is 30.1 Å². The lowest BCUT2D eigenvalue weighted by molar-refractivity contribution is -0.131. The minimum absolute atomic E-state index is 0.100. The van der Waals surface area contributed by atoms with Gasteiger partial charge >= 0.3 is 0 Å². The number of ether oxygens (including phenoxy) is 1. The van der Waals surface area contributed by atoms with Crippen LogP contribution in [0.15, 0.2) is 18.3 Å². The van der Waals surface area contributed by atoms with Crippen LogP contribution in [0.2, 0.25) is 5.02 Å². The molecule has 2 fully saturated rings. The molecule has 1 aromatic heterocycles. The Kier molecular flexibility index (Phi) is 6.44. The third-order valence-corrected chi connectivity index (χ3v) is 5.93. The van der Waals surface area contributed by atoms with Crippen molar-refractivity contribution in [2.45, 2.75) is 69.2 Å². The number of pyridine rings is 1. The third-order valence-electron chi connectivity index (χ3n) is 5.70. The molecule has 1 saturated carbocycles. The van der Waals surface area contributed by atoms with Crippen LogP contribution in [-0.2, 0) is 4.79 Å². The van der Waals surface area contributed by atoms with Crippen molar-refractivity contribution < 1.29 is 9.53 Å². The number of nitrogens with one attached hydrogen (secondary N) is 1. The normalized spacial score (nSPS) is 29.7. The van der Waals surface area contributed by atoms with Gasteiger partial charge in [-0.3, -0.25) is 4.79 Å². The van der Waals surface area contributed by atoms with Gasteiger partial charge in [-0.05, 0) is 51.5 Å². The molecule has 0 radical (unpaired) electrons. The summed E-state index contributed by atoms with van der Waals surface area (Å²) in [5.74, 6) is 3.12. The van der Waals surface area contributed by atoms with E-state index in [9.17, 15) is 10.1 Å². The first-order valence-electron chi connectivity index (χ1n) is 9.64. The van der Waals surface area contributed by atoms with Gasteiger partial charge in [0.1, 0.15) is 12.1 Å². The molecule has 3 rings (SSSR count). The predicted octanol–water partition coefficient (Wildman–Crippen LogP) is 2.92. The molecule has 1 amide bonds. The van der Waals surface area contributed by atoms with E-state index in [0.29, 0.717) is 23.7 Å². The van der Waals surface area contributed by atoms with Gasteiger partial charge in [-0.1, -0.05) is 17.5 Å². The highest BCUT2D eigenvalue weighted by Crippen LogP contribution is 2.31. The predicted molar refractivity (Wildman–Crippen MR) is 107 cm³/mol. The molecule has 2 atom stereocenters. The van der Waals surface area contributed by atoms with Gasteiger partial charge in [-0.25, -0.2) is 4.98 Å². The molecule has 2 heterocycles. The molecule has 7 heteroatoms. The molecule has 1 aliphatic carbocycles. The van der Waals surface area contributed by atoms with Crippen LogP contribution in [0.1, 0.15) is 45.4 Å². The molecule has 1 aliphatic heterocycles. The van der Waals surface area contributed by atoms with Crippen molar-refractivity contribution in [1.82, 2.24) is 15.2 Å². The number of nitrogens with zero attached hydrogens (tertiary/aromatic N) is 3. The summed E-state index contributed by atoms with van der Waals surface area (Å²) in [6, 6.07) is 5.04. The zero-order chi connectivity index (χ0) is 20.1. The fourth-order valence-electron chi connectivity index (χ4n) is 3.96. The van der Waals surface area contributed by atoms with Gasteiger partial charge in [0.2, 0.25) is 11.8 Å². The van der Waals surface area contributed by atoms with Gasteiger partial charge in [0.05, 0.1) is 23.7 Å². The first-order valence-corrected chi connectivity index (χ1v) is 10.0. The highest BCUT2D eigenvalue weighted by Gasteiger charge is 2.37. The highest BCUT2D eigenvalue weighted by molar-refractivity contribution is 6.30. The summed E-state index contributed by atoms with van der Waals surface area (Å²) in [5, 5.41) is 13.3. The Morgan fingerprint density at radius 3 is 2.71 bits per heavy atom. The number of nitriles is 1. The summed E-state index contributed by atoms with van der Waals surface area (Å²) in [5.41, 5.74) is -0.142. The topological polar surface area (TPSA) is 78.2 Å². The third kappa shape index (κ3) is 4.76. The zero-order valence-electron chi connectivity index (χ0n) is 16.0. The van der Waals surface area contributed by atoms with E-state index in [1.807, 2.05) is 0 Å². The molecule has 28 heavy (non-hydrogen) atoms. The number of aromatic nitrogens is 1. The number of rotatable bonds is 5. The van der Waals surface area contributed by atoms with Crippen LogP contribution in [-0.4, -0.2) is 46.1 Å². The summed E-state index contributed by atoms with van der Waals surface area (Å²) in [4.78, 5) is 18.4. The summed E-state index contributed by atoms with van der Waals surface area (Å²) in [7, 11) is 0. The van der Waals surface area contributed by atoms with Crippen LogP contribution < -0.4 is 10.1 Å². The minimum atomic E-state index is -0.417. The van der Waals surface area contributed by atoms with Gasteiger partial charge in [0.15, 0.2) is 0 Å². The number of likely N-dealkylation sites (tertiary alicyclic amines) is 1. The zero-order valence-corrected chi connectivity index (χ0v) is 16.8. The van der Waals surface area contributed by atoms with Gasteiger partial charge < -0.3 is 15.0 Å². The van der Waals surface area contributed by atoms with Crippen molar-refractivity contribution in [3.8, 4) is 24.3 Å². The van der Waals surface area contributed by atoms with E-state index in [0.717, 1.165) is 25.7 Å². The maximum Gasteiger partial charge on any atom is 0.238 e. The fourth-order valence-corrected chi connectivity index (χ4v) is 4.07. The lowest BCUT2D eigenvalue weighted by Gasteiger charge is -2.38. The first-order chi connectivity index (χ1) is 13.4. The van der Waals surface area contributed by atoms with E-state index in [2.05, 4.69) is 29.2 Å². The minimum Gasteiger partial charge on any atom is -0.474 e. The number of terminal acetylenes is 1. The Labute approximate surface area is 171 Å². The molecule has 0 aromatic carbocycles. The quantitative estimate of drug-likeness (QED) is 0.769. The van der Waals surface area contributed by atoms with Crippen molar-refractivity contribution in [2.24, 2.45) is 0 Å². The average molecular weight is 401 g/mol. The molecular weight excluding hydrogens is 376 g/mol. The summed E-state index contributed by atoms with van der Waals surface area (Å²) < 4.78 is 5.94. The summed E-state index contributed by atoms with van der Waals surface area (Å²) in [6.45, 7) is 2.32. The smallest absolute Gasteiger partial charge is 0.238 e. The van der Waals surface area contributed by atoms with Gasteiger partial charge in [-0.2, -0.15) is 5.26 Å². The Bertz CT molecular complexity index is 753. The summed E-state index contributed by atoms with van der Waals surface area (Å²) >= 11 is 5.85. The van der Waals surface area contributed by atoms with Crippen LogP contribution >= 0.6 is 11.6 Å². The molecule has 0 spiro atoms. The van der Waals surface area contributed by atoms with Crippen LogP contribution in [0.4, 0.5) is 0 Å². The number of halogens is 1. The number of carbonyl (C=O) groups is 1. The highest BCUT2D eigenvalue weighted by atomic mass is 35.5. The maximum atomic E-state index is 12.7. The fraction of sp³-hybridized carbons (Fsp3) is 0.571. The van der Waals surface area contributed by atoms with E-state index in [1.54, 1.807) is 23.2 Å². The van der Waals surface area contributed by atoms with Crippen molar-refractivity contribution in [3.05, 3.63) is 23.4 Å². The van der Waals surface area contributed by atoms with Crippen LogP contribution in [0.5, 0.6) is 5.88 Å².